The van der Waals surface area contributed by atoms with E-state index in [4.69, 9.17) is 0 Å². The van der Waals surface area contributed by atoms with Gasteiger partial charge in [0.05, 0.1) is 6.10 Å². The average Bonchev–Trinajstić information content (AvgIpc) is 3.06. The largest absolute Gasteiger partial charge is 0.393 e. The molecule has 1 fully saturated rings. The van der Waals surface area contributed by atoms with Gasteiger partial charge in [0.2, 0.25) is 0 Å². The second-order valence-corrected chi connectivity index (χ2v) is 12.2. The van der Waals surface area contributed by atoms with Crippen molar-refractivity contribution in [3.05, 3.63) is 22.8 Å². The molecule has 0 aromatic rings. The van der Waals surface area contributed by atoms with Crippen LogP contribution in [0.4, 0.5) is 0 Å². The summed E-state index contributed by atoms with van der Waals surface area (Å²) in [5.41, 5.74) is 6.16. The molecule has 0 heterocycles. The van der Waals surface area contributed by atoms with E-state index in [2.05, 4.69) is 40.7 Å². The second kappa shape index (κ2) is 8.76. The highest BCUT2D eigenvalue weighted by Crippen LogP contribution is 2.64. The van der Waals surface area contributed by atoms with Crippen molar-refractivity contribution in [3.8, 4) is 0 Å². The van der Waals surface area contributed by atoms with Crippen LogP contribution >= 0.6 is 0 Å². The van der Waals surface area contributed by atoms with Crippen molar-refractivity contribution in [2.45, 2.75) is 124 Å². The summed E-state index contributed by atoms with van der Waals surface area (Å²) in [6, 6.07) is 0. The van der Waals surface area contributed by atoms with Gasteiger partial charge in [-0.25, -0.2) is 0 Å². The van der Waals surface area contributed by atoms with E-state index in [0.29, 0.717) is 16.7 Å². The summed E-state index contributed by atoms with van der Waals surface area (Å²) in [5.74, 6) is 3.31. The molecule has 1 nitrogen and oxygen atoms in total. The molecule has 170 valence electrons. The smallest absolute Gasteiger partial charge is 0.0543 e. The molecule has 30 heavy (non-hydrogen) atoms. The lowest BCUT2D eigenvalue weighted by molar-refractivity contribution is 0.0225. The molecule has 0 aliphatic heterocycles. The van der Waals surface area contributed by atoms with Crippen LogP contribution in [0.5, 0.6) is 0 Å². The third-order valence-corrected chi connectivity index (χ3v) is 10.3. The molecule has 4 aliphatic carbocycles. The summed E-state index contributed by atoms with van der Waals surface area (Å²) in [5, 5.41) is 10.3. The highest BCUT2D eigenvalue weighted by molar-refractivity contribution is 5.49. The third kappa shape index (κ3) is 3.87. The topological polar surface area (TPSA) is 20.2 Å². The van der Waals surface area contributed by atoms with E-state index in [0.717, 1.165) is 30.6 Å². The molecule has 0 radical (unpaired) electrons. The summed E-state index contributed by atoms with van der Waals surface area (Å²) < 4.78 is 0. The van der Waals surface area contributed by atoms with Crippen LogP contribution in [0.25, 0.3) is 0 Å². The molecule has 0 spiro atoms. The number of rotatable bonds is 7. The van der Waals surface area contributed by atoms with Crippen molar-refractivity contribution in [2.24, 2.45) is 34.5 Å². The maximum Gasteiger partial charge on any atom is 0.0543 e. The highest BCUT2D eigenvalue weighted by atomic mass is 16.3. The third-order valence-electron chi connectivity index (χ3n) is 10.3. The van der Waals surface area contributed by atoms with Crippen molar-refractivity contribution in [2.75, 3.05) is 0 Å². The first-order valence-corrected chi connectivity index (χ1v) is 13.4. The van der Waals surface area contributed by atoms with Gasteiger partial charge in [0, 0.05) is 0 Å². The molecule has 0 saturated heterocycles. The molecule has 0 aromatic heterocycles. The summed E-state index contributed by atoms with van der Waals surface area (Å²) in [6.45, 7) is 12.5. The van der Waals surface area contributed by atoms with Gasteiger partial charge in [-0.15, -0.1) is 0 Å². The number of hydrogen-bond acceptors (Lipinski definition) is 1. The SMILES string of the molecule is CCCC(C)CCC[C@@H](C)[C@H]1CC=C2C3=C(CC[C@@]21C)[C@@]1(C)CC[C@H](O)CC1CC3. The molecular formula is C29H48O. The zero-order valence-corrected chi connectivity index (χ0v) is 20.6. The summed E-state index contributed by atoms with van der Waals surface area (Å²) >= 11 is 0. The molecule has 1 heteroatoms. The number of fused-ring (bicyclic) bond motifs is 4. The molecule has 0 aromatic carbocycles. The van der Waals surface area contributed by atoms with Gasteiger partial charge in [-0.1, -0.05) is 78.4 Å². The van der Waals surface area contributed by atoms with Crippen molar-refractivity contribution >= 4 is 0 Å². The molecule has 2 unspecified atom stereocenters. The van der Waals surface area contributed by atoms with Gasteiger partial charge in [0.25, 0.3) is 0 Å². The van der Waals surface area contributed by atoms with Crippen molar-refractivity contribution in [1.29, 1.82) is 0 Å². The molecule has 4 aliphatic rings. The Labute approximate surface area is 186 Å². The maximum atomic E-state index is 10.3. The van der Waals surface area contributed by atoms with Crippen LogP contribution in [0.1, 0.15) is 118 Å². The van der Waals surface area contributed by atoms with Crippen LogP contribution in [-0.4, -0.2) is 11.2 Å². The van der Waals surface area contributed by atoms with E-state index in [1.165, 1.54) is 70.6 Å². The van der Waals surface area contributed by atoms with Gasteiger partial charge in [-0.05, 0) is 97.0 Å². The first-order valence-electron chi connectivity index (χ1n) is 13.4. The van der Waals surface area contributed by atoms with Gasteiger partial charge < -0.3 is 5.11 Å². The van der Waals surface area contributed by atoms with Gasteiger partial charge in [-0.2, -0.15) is 0 Å². The van der Waals surface area contributed by atoms with Crippen molar-refractivity contribution in [1.82, 2.24) is 0 Å². The molecule has 1 N–H and O–H groups in total. The van der Waals surface area contributed by atoms with E-state index >= 15 is 0 Å². The van der Waals surface area contributed by atoms with Crippen LogP contribution in [0.3, 0.4) is 0 Å². The van der Waals surface area contributed by atoms with Crippen LogP contribution in [0.15, 0.2) is 22.8 Å². The van der Waals surface area contributed by atoms with Crippen LogP contribution in [0.2, 0.25) is 0 Å². The zero-order chi connectivity index (χ0) is 21.5. The highest BCUT2D eigenvalue weighted by Gasteiger charge is 2.52. The predicted octanol–water partition coefficient (Wildman–Crippen LogP) is 8.23. The van der Waals surface area contributed by atoms with Crippen molar-refractivity contribution < 1.29 is 5.11 Å². The molecule has 0 bridgehead atoms. The van der Waals surface area contributed by atoms with Gasteiger partial charge >= 0.3 is 0 Å². The second-order valence-electron chi connectivity index (χ2n) is 12.2. The lowest BCUT2D eigenvalue weighted by atomic mass is 9.51. The molecule has 1 saturated carbocycles. The first-order chi connectivity index (χ1) is 14.3. The van der Waals surface area contributed by atoms with Crippen molar-refractivity contribution in [3.63, 3.8) is 0 Å². The Balaban J connectivity index is 1.46. The predicted molar refractivity (Wildman–Crippen MR) is 128 cm³/mol. The Bertz CT molecular complexity index is 686. The fourth-order valence-electron chi connectivity index (χ4n) is 8.36. The summed E-state index contributed by atoms with van der Waals surface area (Å²) in [7, 11) is 0. The summed E-state index contributed by atoms with van der Waals surface area (Å²) in [4.78, 5) is 0. The molecule has 7 atom stereocenters. The van der Waals surface area contributed by atoms with E-state index < -0.39 is 0 Å². The summed E-state index contributed by atoms with van der Waals surface area (Å²) in [6.07, 6.45) is 19.5. The molecule has 4 rings (SSSR count). The quantitative estimate of drug-likeness (QED) is 0.446. The van der Waals surface area contributed by atoms with E-state index in [1.54, 1.807) is 11.1 Å². The Hall–Kier alpha value is -0.560. The minimum absolute atomic E-state index is 0.0462. The van der Waals surface area contributed by atoms with Crippen LogP contribution in [0, 0.1) is 34.5 Å². The Morgan fingerprint density at radius 2 is 1.83 bits per heavy atom. The lowest BCUT2D eigenvalue weighted by Crippen LogP contribution is -2.44. The number of aliphatic hydroxyl groups excluding tert-OH is 1. The van der Waals surface area contributed by atoms with Crippen LogP contribution < -0.4 is 0 Å². The van der Waals surface area contributed by atoms with Gasteiger partial charge in [0.15, 0.2) is 0 Å². The Kier molecular flexibility index (Phi) is 6.61. The number of hydrogen-bond donors (Lipinski definition) is 1. The zero-order valence-electron chi connectivity index (χ0n) is 20.6. The monoisotopic (exact) mass is 412 g/mol. The molecular weight excluding hydrogens is 364 g/mol. The lowest BCUT2D eigenvalue weighted by Gasteiger charge is -2.54. The minimum Gasteiger partial charge on any atom is -0.393 e. The fraction of sp³-hybridized carbons (Fsp3) is 0.862. The fourth-order valence-corrected chi connectivity index (χ4v) is 8.36. The Morgan fingerprint density at radius 1 is 1.03 bits per heavy atom. The average molecular weight is 413 g/mol. The standard InChI is InChI=1S/C29H48O/c1-6-8-20(2)9-7-10-21(3)25-13-14-26-24-12-11-22-19-23(30)15-17-28(22,4)27(24)16-18-29(25,26)5/h14,20-23,25,30H,6-13,15-19H2,1-5H3/t20?,21-,22?,23+,25-,28+,29-/m1/s1. The normalized spacial score (nSPS) is 40.3. The van der Waals surface area contributed by atoms with Gasteiger partial charge in [0.1, 0.15) is 0 Å². The van der Waals surface area contributed by atoms with Gasteiger partial charge in [-0.3, -0.25) is 0 Å². The first kappa shape index (κ1) is 22.6. The van der Waals surface area contributed by atoms with E-state index in [-0.39, 0.29) is 6.10 Å². The maximum absolute atomic E-state index is 10.3. The van der Waals surface area contributed by atoms with Crippen LogP contribution in [-0.2, 0) is 0 Å². The number of allylic oxidation sites excluding steroid dienone is 4. The van der Waals surface area contributed by atoms with E-state index in [9.17, 15) is 5.11 Å². The minimum atomic E-state index is -0.0462. The number of aliphatic hydroxyl groups is 1. The molecule has 0 amide bonds. The van der Waals surface area contributed by atoms with E-state index in [1.807, 2.05) is 5.57 Å². The Morgan fingerprint density at radius 3 is 2.60 bits per heavy atom.